The molecule has 1 amide bonds. The maximum atomic E-state index is 12.5. The van der Waals surface area contributed by atoms with Crippen molar-refractivity contribution in [2.45, 2.75) is 25.3 Å². The fraction of sp³-hybridized carbons (Fsp3) is 0.200. The molecule has 0 bridgehead atoms. The molecule has 0 radical (unpaired) electrons. The van der Waals surface area contributed by atoms with Gasteiger partial charge in [-0.25, -0.2) is 8.42 Å². The third-order valence-electron chi connectivity index (χ3n) is 4.18. The number of aryl methyl sites for hydroxylation is 2. The molecule has 146 valence electrons. The molecule has 7 nitrogen and oxygen atoms in total. The molecule has 3 rings (SSSR count). The first-order valence-electron chi connectivity index (χ1n) is 8.50. The van der Waals surface area contributed by atoms with E-state index >= 15 is 0 Å². The summed E-state index contributed by atoms with van der Waals surface area (Å²) in [6.45, 7) is 3.93. The molecule has 0 aliphatic rings. The Labute approximate surface area is 163 Å². The predicted octanol–water partition coefficient (Wildman–Crippen LogP) is 3.53. The first kappa shape index (κ1) is 19.6. The summed E-state index contributed by atoms with van der Waals surface area (Å²) in [6.07, 6.45) is 1.12. The number of ether oxygens (including phenoxy) is 1. The number of nitrogens with zero attached hydrogens (tertiary/aromatic N) is 1. The number of hydrogen-bond acceptors (Lipinski definition) is 6. The Hall–Kier alpha value is -3.13. The summed E-state index contributed by atoms with van der Waals surface area (Å²) in [5, 5.41) is 6.59. The molecule has 2 aromatic carbocycles. The fourth-order valence-electron chi connectivity index (χ4n) is 2.60. The Morgan fingerprint density at radius 1 is 1.14 bits per heavy atom. The Morgan fingerprint density at radius 2 is 1.89 bits per heavy atom. The van der Waals surface area contributed by atoms with E-state index in [4.69, 9.17) is 9.26 Å². The highest BCUT2D eigenvalue weighted by molar-refractivity contribution is 7.90. The van der Waals surface area contributed by atoms with Gasteiger partial charge in [-0.05, 0) is 50.2 Å². The van der Waals surface area contributed by atoms with Crippen LogP contribution in [0.2, 0.25) is 0 Å². The topological polar surface area (TPSA) is 98.5 Å². The lowest BCUT2D eigenvalue weighted by Gasteiger charge is -2.09. The van der Waals surface area contributed by atoms with Crippen LogP contribution >= 0.6 is 0 Å². The first-order valence-corrected chi connectivity index (χ1v) is 10.4. The summed E-state index contributed by atoms with van der Waals surface area (Å²) >= 11 is 0. The molecule has 0 atom stereocenters. The Kier molecular flexibility index (Phi) is 5.51. The molecule has 0 fully saturated rings. The van der Waals surface area contributed by atoms with Gasteiger partial charge in [0.05, 0.1) is 16.2 Å². The van der Waals surface area contributed by atoms with E-state index in [1.54, 1.807) is 36.4 Å². The average Bonchev–Trinajstić information content (AvgIpc) is 2.97. The largest absolute Gasteiger partial charge is 0.489 e. The minimum absolute atomic E-state index is 0.141. The van der Waals surface area contributed by atoms with Crippen LogP contribution in [0.25, 0.3) is 0 Å². The number of hydrogen-bond donors (Lipinski definition) is 1. The summed E-state index contributed by atoms with van der Waals surface area (Å²) in [7, 11) is -3.35. The van der Waals surface area contributed by atoms with Gasteiger partial charge in [-0.2, -0.15) is 0 Å². The Morgan fingerprint density at radius 3 is 2.57 bits per heavy atom. The van der Waals surface area contributed by atoms with Gasteiger partial charge in [-0.15, -0.1) is 0 Å². The van der Waals surface area contributed by atoms with E-state index in [2.05, 4.69) is 10.5 Å². The number of amides is 1. The molecule has 1 N–H and O–H groups in total. The molecular weight excluding hydrogens is 380 g/mol. The number of nitrogens with one attached hydrogen (secondary N) is 1. The lowest BCUT2D eigenvalue weighted by atomic mass is 10.2. The SMILES string of the molecule is Cc1noc(C)c1COc1cccc(C(=O)Nc2cccc(S(C)(=O)=O)c2)c1. The predicted molar refractivity (Wildman–Crippen MR) is 104 cm³/mol. The highest BCUT2D eigenvalue weighted by Crippen LogP contribution is 2.20. The molecule has 0 unspecified atom stereocenters. The first-order chi connectivity index (χ1) is 13.2. The summed E-state index contributed by atoms with van der Waals surface area (Å²) in [6, 6.07) is 12.8. The number of carbonyl (C=O) groups is 1. The van der Waals surface area contributed by atoms with E-state index in [1.807, 2.05) is 13.8 Å². The second-order valence-corrected chi connectivity index (χ2v) is 8.39. The van der Waals surface area contributed by atoms with E-state index in [-0.39, 0.29) is 17.4 Å². The fourth-order valence-corrected chi connectivity index (χ4v) is 3.27. The van der Waals surface area contributed by atoms with Gasteiger partial charge >= 0.3 is 0 Å². The monoisotopic (exact) mass is 400 g/mol. The van der Waals surface area contributed by atoms with E-state index in [0.717, 1.165) is 17.5 Å². The molecule has 0 saturated heterocycles. The van der Waals surface area contributed by atoms with Crippen molar-refractivity contribution < 1.29 is 22.5 Å². The molecule has 8 heteroatoms. The smallest absolute Gasteiger partial charge is 0.255 e. The van der Waals surface area contributed by atoms with Gasteiger partial charge in [0.25, 0.3) is 5.91 Å². The zero-order valence-corrected chi connectivity index (χ0v) is 16.5. The lowest BCUT2D eigenvalue weighted by molar-refractivity contribution is 0.102. The van der Waals surface area contributed by atoms with Gasteiger partial charge in [-0.1, -0.05) is 17.3 Å². The zero-order chi connectivity index (χ0) is 20.3. The zero-order valence-electron chi connectivity index (χ0n) is 15.7. The van der Waals surface area contributed by atoms with Crippen molar-refractivity contribution in [2.75, 3.05) is 11.6 Å². The van der Waals surface area contributed by atoms with E-state index in [0.29, 0.717) is 22.8 Å². The number of benzene rings is 2. The second-order valence-electron chi connectivity index (χ2n) is 6.37. The standard InChI is InChI=1S/C20H20N2O5S/c1-13-19(14(2)27-22-13)12-26-17-8-4-6-15(10-17)20(23)21-16-7-5-9-18(11-16)28(3,24)25/h4-11H,12H2,1-3H3,(H,21,23). The molecule has 0 aliphatic carbocycles. The lowest BCUT2D eigenvalue weighted by Crippen LogP contribution is -2.12. The molecular formula is C20H20N2O5S. The molecule has 0 aliphatic heterocycles. The summed E-state index contributed by atoms with van der Waals surface area (Å²) in [4.78, 5) is 12.7. The maximum absolute atomic E-state index is 12.5. The Balaban J connectivity index is 1.72. The summed E-state index contributed by atoms with van der Waals surface area (Å²) < 4.78 is 34.2. The van der Waals surface area contributed by atoms with E-state index < -0.39 is 9.84 Å². The van der Waals surface area contributed by atoms with Crippen LogP contribution in [0.5, 0.6) is 5.75 Å². The average molecular weight is 400 g/mol. The summed E-state index contributed by atoms with van der Waals surface area (Å²) in [5.41, 5.74) is 2.42. The van der Waals surface area contributed by atoms with Gasteiger partial charge in [0.2, 0.25) is 0 Å². The van der Waals surface area contributed by atoms with Gasteiger partial charge in [0.1, 0.15) is 18.1 Å². The quantitative estimate of drug-likeness (QED) is 0.680. The van der Waals surface area contributed by atoms with Gasteiger partial charge in [-0.3, -0.25) is 4.79 Å². The van der Waals surface area contributed by atoms with E-state index in [1.165, 1.54) is 12.1 Å². The second kappa shape index (κ2) is 7.85. The van der Waals surface area contributed by atoms with Crippen molar-refractivity contribution >= 4 is 21.4 Å². The molecule has 1 aromatic heterocycles. The third kappa shape index (κ3) is 4.58. The van der Waals surface area contributed by atoms with Crippen molar-refractivity contribution in [2.24, 2.45) is 0 Å². The normalized spacial score (nSPS) is 11.2. The van der Waals surface area contributed by atoms with Crippen LogP contribution in [0.15, 0.2) is 57.9 Å². The number of anilines is 1. The van der Waals surface area contributed by atoms with Crippen molar-refractivity contribution in [3.05, 3.63) is 71.1 Å². The number of sulfone groups is 1. The van der Waals surface area contributed by atoms with Crippen LogP contribution in [-0.4, -0.2) is 25.7 Å². The Bertz CT molecular complexity index is 1100. The van der Waals surface area contributed by atoms with Crippen molar-refractivity contribution in [3.8, 4) is 5.75 Å². The van der Waals surface area contributed by atoms with Gasteiger partial charge in [0, 0.05) is 17.5 Å². The van der Waals surface area contributed by atoms with Crippen LogP contribution in [0.3, 0.4) is 0 Å². The summed E-state index contributed by atoms with van der Waals surface area (Å²) in [5.74, 6) is 0.850. The van der Waals surface area contributed by atoms with Crippen molar-refractivity contribution in [3.63, 3.8) is 0 Å². The number of rotatable bonds is 6. The number of carbonyl (C=O) groups excluding carboxylic acids is 1. The van der Waals surface area contributed by atoms with Crippen LogP contribution < -0.4 is 10.1 Å². The highest BCUT2D eigenvalue weighted by atomic mass is 32.2. The van der Waals surface area contributed by atoms with E-state index in [9.17, 15) is 13.2 Å². The van der Waals surface area contributed by atoms with Crippen LogP contribution in [0, 0.1) is 13.8 Å². The minimum atomic E-state index is -3.35. The molecule has 3 aromatic rings. The minimum Gasteiger partial charge on any atom is -0.489 e. The maximum Gasteiger partial charge on any atom is 0.255 e. The highest BCUT2D eigenvalue weighted by Gasteiger charge is 2.12. The molecule has 0 spiro atoms. The van der Waals surface area contributed by atoms with Crippen molar-refractivity contribution in [1.29, 1.82) is 0 Å². The third-order valence-corrected chi connectivity index (χ3v) is 5.29. The molecule has 28 heavy (non-hydrogen) atoms. The van der Waals surface area contributed by atoms with Gasteiger partial charge < -0.3 is 14.6 Å². The van der Waals surface area contributed by atoms with Crippen LogP contribution in [0.1, 0.15) is 27.4 Å². The van der Waals surface area contributed by atoms with Crippen LogP contribution in [0.4, 0.5) is 5.69 Å². The van der Waals surface area contributed by atoms with Gasteiger partial charge in [0.15, 0.2) is 9.84 Å². The molecule has 0 saturated carbocycles. The van der Waals surface area contributed by atoms with Crippen LogP contribution in [-0.2, 0) is 16.4 Å². The number of aromatic nitrogens is 1. The molecule has 1 heterocycles. The van der Waals surface area contributed by atoms with Crippen molar-refractivity contribution in [1.82, 2.24) is 5.16 Å².